The molecule has 0 amide bonds. The molecule has 102 valence electrons. The van der Waals surface area contributed by atoms with E-state index >= 15 is 0 Å². The zero-order valence-corrected chi connectivity index (χ0v) is 14.0. The van der Waals surface area contributed by atoms with Gasteiger partial charge in [0.1, 0.15) is 0 Å². The molecular weight excluding hydrogens is 349 g/mol. The number of halogens is 1. The number of aliphatic imine (C=N–C) groups is 1. The third kappa shape index (κ3) is 5.54. The maximum absolute atomic E-state index is 11.8. The smallest absolute Gasteiger partial charge is 0.190 e. The highest BCUT2D eigenvalue weighted by Gasteiger charge is 2.25. The molecule has 2 N–H and O–H groups in total. The second kappa shape index (κ2) is 9.13. The minimum absolute atomic E-state index is 0. The Hall–Kier alpha value is 0.150. The lowest BCUT2D eigenvalue weighted by Crippen LogP contribution is -2.45. The van der Waals surface area contributed by atoms with Crippen molar-refractivity contribution >= 4 is 40.7 Å². The Bertz CT molecular complexity index is 273. The van der Waals surface area contributed by atoms with Crippen molar-refractivity contribution in [1.82, 2.24) is 10.6 Å². The van der Waals surface area contributed by atoms with Crippen molar-refractivity contribution in [3.8, 4) is 0 Å². The Kier molecular flexibility index (Phi) is 9.21. The van der Waals surface area contributed by atoms with Crippen LogP contribution in [0.25, 0.3) is 0 Å². The van der Waals surface area contributed by atoms with Crippen LogP contribution >= 0.6 is 24.0 Å². The summed E-state index contributed by atoms with van der Waals surface area (Å²) in [6, 6.07) is 0.417. The van der Waals surface area contributed by atoms with E-state index in [1.54, 1.807) is 7.05 Å². The molecule has 1 saturated carbocycles. The van der Waals surface area contributed by atoms with Crippen LogP contribution in [0.4, 0.5) is 0 Å². The molecule has 1 rings (SSSR count). The lowest BCUT2D eigenvalue weighted by Gasteiger charge is -2.29. The van der Waals surface area contributed by atoms with Gasteiger partial charge in [-0.25, -0.2) is 0 Å². The number of hydrogen-bond donors (Lipinski definition) is 2. The second-order valence-electron chi connectivity index (χ2n) is 4.12. The van der Waals surface area contributed by atoms with Gasteiger partial charge < -0.3 is 10.6 Å². The molecule has 0 aliphatic heterocycles. The van der Waals surface area contributed by atoms with Crippen LogP contribution in [0.1, 0.15) is 32.6 Å². The van der Waals surface area contributed by atoms with Crippen LogP contribution in [0.15, 0.2) is 4.99 Å². The fourth-order valence-electron chi connectivity index (χ4n) is 2.19. The van der Waals surface area contributed by atoms with E-state index in [1.165, 1.54) is 0 Å². The summed E-state index contributed by atoms with van der Waals surface area (Å²) >= 11 is 0. The summed E-state index contributed by atoms with van der Waals surface area (Å²) in [5.74, 6) is 1.60. The summed E-state index contributed by atoms with van der Waals surface area (Å²) < 4.78 is 11.8. The van der Waals surface area contributed by atoms with Crippen LogP contribution in [0.3, 0.4) is 0 Å². The van der Waals surface area contributed by atoms with Gasteiger partial charge in [0.2, 0.25) is 0 Å². The molecular formula is C11H24IN3OS. The third-order valence-electron chi connectivity index (χ3n) is 3.08. The van der Waals surface area contributed by atoms with E-state index in [1.807, 2.05) is 14.0 Å². The molecule has 3 atom stereocenters. The molecule has 0 bridgehead atoms. The Morgan fingerprint density at radius 1 is 1.47 bits per heavy atom. The second-order valence-corrected chi connectivity index (χ2v) is 6.13. The molecule has 0 spiro atoms. The topological polar surface area (TPSA) is 53.5 Å². The fraction of sp³-hybridized carbons (Fsp3) is 0.909. The summed E-state index contributed by atoms with van der Waals surface area (Å²) in [6.07, 6.45) is 4.42. The van der Waals surface area contributed by atoms with Crippen LogP contribution < -0.4 is 10.6 Å². The first kappa shape index (κ1) is 17.2. The van der Waals surface area contributed by atoms with Gasteiger partial charge in [0.15, 0.2) is 5.96 Å². The van der Waals surface area contributed by atoms with Crippen LogP contribution in [-0.2, 0) is 10.8 Å². The first-order valence-corrected chi connectivity index (χ1v) is 7.37. The molecule has 0 radical (unpaired) electrons. The highest BCUT2D eigenvalue weighted by atomic mass is 127. The largest absolute Gasteiger partial charge is 0.359 e. The molecule has 0 aromatic heterocycles. The van der Waals surface area contributed by atoms with Crippen molar-refractivity contribution < 1.29 is 4.21 Å². The third-order valence-corrected chi connectivity index (χ3v) is 4.82. The lowest BCUT2D eigenvalue weighted by atomic mass is 9.95. The predicted molar refractivity (Wildman–Crippen MR) is 85.7 cm³/mol. The van der Waals surface area contributed by atoms with Gasteiger partial charge in [0.25, 0.3) is 0 Å². The van der Waals surface area contributed by atoms with E-state index in [4.69, 9.17) is 0 Å². The predicted octanol–water partition coefficient (Wildman–Crippen LogP) is 1.48. The monoisotopic (exact) mass is 373 g/mol. The Morgan fingerprint density at radius 2 is 2.18 bits per heavy atom. The molecule has 0 heterocycles. The molecule has 4 nitrogen and oxygen atoms in total. The summed E-state index contributed by atoms with van der Waals surface area (Å²) in [6.45, 7) is 2.00. The fourth-order valence-corrected chi connectivity index (χ4v) is 3.54. The van der Waals surface area contributed by atoms with E-state index < -0.39 is 10.8 Å². The van der Waals surface area contributed by atoms with Crippen LogP contribution in [0, 0.1) is 0 Å². The van der Waals surface area contributed by atoms with E-state index in [-0.39, 0.29) is 24.0 Å². The van der Waals surface area contributed by atoms with Crippen LogP contribution in [0.5, 0.6) is 0 Å². The summed E-state index contributed by atoms with van der Waals surface area (Å²) in [7, 11) is 2.98. The number of hydrogen-bond acceptors (Lipinski definition) is 2. The van der Waals surface area contributed by atoms with Crippen molar-refractivity contribution in [2.24, 2.45) is 4.99 Å². The molecule has 3 unspecified atom stereocenters. The van der Waals surface area contributed by atoms with Gasteiger partial charge in [-0.15, -0.1) is 24.0 Å². The molecule has 0 aromatic rings. The van der Waals surface area contributed by atoms with Crippen molar-refractivity contribution in [2.45, 2.75) is 43.9 Å². The van der Waals surface area contributed by atoms with E-state index in [0.29, 0.717) is 11.3 Å². The minimum Gasteiger partial charge on any atom is -0.359 e. The number of guanidine groups is 1. The Balaban J connectivity index is 0.00000256. The first-order chi connectivity index (χ1) is 7.71. The molecule has 17 heavy (non-hydrogen) atoms. The standard InChI is InChI=1S/C11H23N3OS.HI/c1-4-16(15)10-7-5-6-9(8-10)14-11(12-2)13-3;/h9-10H,4-8H2,1-3H3,(H2,12,13,14);1H. The summed E-state index contributed by atoms with van der Waals surface area (Å²) in [5, 5.41) is 6.76. The molecule has 6 heteroatoms. The number of rotatable bonds is 3. The van der Waals surface area contributed by atoms with Gasteiger partial charge in [-0.2, -0.15) is 0 Å². The van der Waals surface area contributed by atoms with Gasteiger partial charge in [0, 0.05) is 41.9 Å². The quantitative estimate of drug-likeness (QED) is 0.448. The van der Waals surface area contributed by atoms with E-state index in [9.17, 15) is 4.21 Å². The molecule has 1 aliphatic carbocycles. The molecule has 0 aromatic carbocycles. The molecule has 1 fully saturated rings. The molecule has 1 aliphatic rings. The van der Waals surface area contributed by atoms with Crippen molar-refractivity contribution in [2.75, 3.05) is 19.8 Å². The lowest BCUT2D eigenvalue weighted by molar-refractivity contribution is 0.414. The van der Waals surface area contributed by atoms with Crippen molar-refractivity contribution in [3.05, 3.63) is 0 Å². The number of nitrogens with zero attached hydrogens (tertiary/aromatic N) is 1. The molecule has 0 saturated heterocycles. The maximum Gasteiger partial charge on any atom is 0.190 e. The van der Waals surface area contributed by atoms with Gasteiger partial charge in [0.05, 0.1) is 0 Å². The Morgan fingerprint density at radius 3 is 2.71 bits per heavy atom. The van der Waals surface area contributed by atoms with E-state index in [2.05, 4.69) is 15.6 Å². The highest BCUT2D eigenvalue weighted by molar-refractivity contribution is 14.0. The SMILES string of the molecule is CCS(=O)C1CCCC(NC(=NC)NC)C1.I. The maximum atomic E-state index is 11.8. The van der Waals surface area contributed by atoms with E-state index in [0.717, 1.165) is 37.4 Å². The van der Waals surface area contributed by atoms with Gasteiger partial charge in [-0.3, -0.25) is 9.20 Å². The number of nitrogens with one attached hydrogen (secondary N) is 2. The van der Waals surface area contributed by atoms with Gasteiger partial charge in [-0.05, 0) is 19.3 Å². The van der Waals surface area contributed by atoms with Gasteiger partial charge in [-0.1, -0.05) is 13.3 Å². The Labute approximate surface area is 124 Å². The zero-order valence-electron chi connectivity index (χ0n) is 10.9. The van der Waals surface area contributed by atoms with Crippen molar-refractivity contribution in [1.29, 1.82) is 0 Å². The summed E-state index contributed by atoms with van der Waals surface area (Å²) in [5.41, 5.74) is 0. The van der Waals surface area contributed by atoms with Crippen molar-refractivity contribution in [3.63, 3.8) is 0 Å². The average Bonchev–Trinajstić information content (AvgIpc) is 2.35. The average molecular weight is 373 g/mol. The van der Waals surface area contributed by atoms with Gasteiger partial charge >= 0.3 is 0 Å². The van der Waals surface area contributed by atoms with Crippen LogP contribution in [0.2, 0.25) is 0 Å². The summed E-state index contributed by atoms with van der Waals surface area (Å²) in [4.78, 5) is 4.11. The highest BCUT2D eigenvalue weighted by Crippen LogP contribution is 2.22. The normalized spacial score (nSPS) is 26.9. The first-order valence-electron chi connectivity index (χ1n) is 5.99. The minimum atomic E-state index is -0.653. The van der Waals surface area contributed by atoms with Crippen LogP contribution in [-0.4, -0.2) is 41.3 Å². The zero-order chi connectivity index (χ0) is 12.0.